The SMILES string of the molecule is C=C(C)CS(=O)(=O)[O-].CCn1cc[n+](C)c1C. The van der Waals surface area contributed by atoms with E-state index in [4.69, 9.17) is 0 Å². The second kappa shape index (κ2) is 6.56. The van der Waals surface area contributed by atoms with Crippen LogP contribution in [0.2, 0.25) is 0 Å². The molecule has 0 N–H and O–H groups in total. The van der Waals surface area contributed by atoms with Crippen molar-refractivity contribution < 1.29 is 17.5 Å². The van der Waals surface area contributed by atoms with Crippen LogP contribution in [0.1, 0.15) is 19.7 Å². The first-order valence-corrected chi connectivity index (χ1v) is 6.84. The largest absolute Gasteiger partial charge is 0.748 e. The maximum Gasteiger partial charge on any atom is 0.252 e. The molecule has 0 aliphatic carbocycles. The summed E-state index contributed by atoms with van der Waals surface area (Å²) in [6.45, 7) is 10.1. The van der Waals surface area contributed by atoms with Crippen LogP contribution in [0.4, 0.5) is 0 Å². The molecule has 0 aliphatic heterocycles. The highest BCUT2D eigenvalue weighted by Crippen LogP contribution is 1.91. The number of aromatic nitrogens is 2. The lowest BCUT2D eigenvalue weighted by Gasteiger charge is -2.03. The maximum absolute atomic E-state index is 9.83. The molecule has 0 bridgehead atoms. The lowest BCUT2D eigenvalue weighted by atomic mass is 10.4. The fraction of sp³-hybridized carbons (Fsp3) is 0.545. The minimum absolute atomic E-state index is 0.375. The van der Waals surface area contributed by atoms with Crippen LogP contribution >= 0.6 is 0 Å². The third kappa shape index (κ3) is 6.91. The Morgan fingerprint density at radius 2 is 2.12 bits per heavy atom. The van der Waals surface area contributed by atoms with Gasteiger partial charge in [-0.15, -0.1) is 0 Å². The first-order valence-electron chi connectivity index (χ1n) is 5.26. The number of rotatable bonds is 3. The normalized spacial score (nSPS) is 10.6. The number of hydrogen-bond acceptors (Lipinski definition) is 3. The maximum atomic E-state index is 9.83. The molecule has 0 amide bonds. The van der Waals surface area contributed by atoms with E-state index in [1.807, 2.05) is 0 Å². The highest BCUT2D eigenvalue weighted by atomic mass is 32.2. The molecule has 98 valence electrons. The quantitative estimate of drug-likeness (QED) is 0.457. The molecular formula is C11H20N2O3S. The minimum atomic E-state index is -4.07. The van der Waals surface area contributed by atoms with Gasteiger partial charge < -0.3 is 4.55 Å². The lowest BCUT2D eigenvalue weighted by molar-refractivity contribution is -0.677. The van der Waals surface area contributed by atoms with Crippen molar-refractivity contribution in [2.75, 3.05) is 5.75 Å². The van der Waals surface area contributed by atoms with Crippen LogP contribution in [0.15, 0.2) is 24.5 Å². The predicted molar refractivity (Wildman–Crippen MR) is 65.4 cm³/mol. The zero-order chi connectivity index (χ0) is 13.6. The minimum Gasteiger partial charge on any atom is -0.748 e. The van der Waals surface area contributed by atoms with Gasteiger partial charge in [-0.05, 0) is 13.8 Å². The van der Waals surface area contributed by atoms with Gasteiger partial charge in [-0.25, -0.2) is 17.6 Å². The first kappa shape index (κ1) is 15.9. The molecule has 1 rings (SSSR count). The van der Waals surface area contributed by atoms with Crippen molar-refractivity contribution in [3.8, 4) is 0 Å². The Bertz CT molecular complexity index is 475. The Kier molecular flexibility index (Phi) is 6.12. The molecule has 0 saturated carbocycles. The lowest BCUT2D eigenvalue weighted by Crippen LogP contribution is -2.29. The van der Waals surface area contributed by atoms with Crippen LogP contribution in [0.3, 0.4) is 0 Å². The second-order valence-corrected chi connectivity index (χ2v) is 5.31. The van der Waals surface area contributed by atoms with Gasteiger partial charge in [0.1, 0.15) is 12.4 Å². The molecule has 0 unspecified atom stereocenters. The van der Waals surface area contributed by atoms with E-state index in [-0.39, 0.29) is 0 Å². The van der Waals surface area contributed by atoms with E-state index in [0.717, 1.165) is 6.54 Å². The highest BCUT2D eigenvalue weighted by molar-refractivity contribution is 7.85. The second-order valence-electron chi connectivity index (χ2n) is 3.90. The van der Waals surface area contributed by atoms with Gasteiger partial charge in [0.15, 0.2) is 0 Å². The van der Waals surface area contributed by atoms with Crippen LogP contribution in [0, 0.1) is 6.92 Å². The van der Waals surface area contributed by atoms with Crippen molar-refractivity contribution in [3.63, 3.8) is 0 Å². The summed E-state index contributed by atoms with van der Waals surface area (Å²) >= 11 is 0. The Balaban J connectivity index is 0.000000304. The fourth-order valence-electron chi connectivity index (χ4n) is 1.23. The monoisotopic (exact) mass is 260 g/mol. The van der Waals surface area contributed by atoms with Crippen molar-refractivity contribution in [1.82, 2.24) is 4.57 Å². The molecule has 0 atom stereocenters. The summed E-state index contributed by atoms with van der Waals surface area (Å²) in [5.74, 6) is 0.852. The number of hydrogen-bond donors (Lipinski definition) is 0. The Morgan fingerprint density at radius 1 is 1.59 bits per heavy atom. The van der Waals surface area contributed by atoms with E-state index in [0.29, 0.717) is 5.57 Å². The molecule has 1 heterocycles. The summed E-state index contributed by atoms with van der Waals surface area (Å²) in [6, 6.07) is 0. The van der Waals surface area contributed by atoms with Crippen molar-refractivity contribution in [3.05, 3.63) is 30.4 Å². The van der Waals surface area contributed by atoms with Gasteiger partial charge in [-0.2, -0.15) is 0 Å². The first-order chi connectivity index (χ1) is 7.67. The van der Waals surface area contributed by atoms with Gasteiger partial charge in [0.2, 0.25) is 0 Å². The number of aryl methyl sites for hydroxylation is 2. The molecule has 0 aromatic carbocycles. The van der Waals surface area contributed by atoms with E-state index >= 15 is 0 Å². The summed E-state index contributed by atoms with van der Waals surface area (Å²) in [5, 5.41) is 0. The Morgan fingerprint density at radius 3 is 2.24 bits per heavy atom. The third-order valence-corrected chi connectivity index (χ3v) is 3.01. The molecule has 1 aromatic rings. The topological polar surface area (TPSA) is 66.0 Å². The van der Waals surface area contributed by atoms with Gasteiger partial charge in [0, 0.05) is 6.92 Å². The van der Waals surface area contributed by atoms with Crippen molar-refractivity contribution >= 4 is 10.1 Å². The van der Waals surface area contributed by atoms with Crippen LogP contribution in [0.5, 0.6) is 0 Å². The average Bonchev–Trinajstić information content (AvgIpc) is 2.44. The molecule has 0 aliphatic rings. The molecule has 17 heavy (non-hydrogen) atoms. The molecule has 0 spiro atoms. The van der Waals surface area contributed by atoms with E-state index in [1.54, 1.807) is 0 Å². The van der Waals surface area contributed by atoms with Gasteiger partial charge >= 0.3 is 0 Å². The van der Waals surface area contributed by atoms with E-state index in [1.165, 1.54) is 12.7 Å². The molecule has 0 saturated heterocycles. The summed E-state index contributed by atoms with van der Waals surface area (Å²) < 4.78 is 33.8. The number of nitrogens with zero attached hydrogens (tertiary/aromatic N) is 2. The van der Waals surface area contributed by atoms with E-state index < -0.39 is 15.9 Å². The zero-order valence-electron chi connectivity index (χ0n) is 10.8. The zero-order valence-corrected chi connectivity index (χ0v) is 11.6. The standard InChI is InChI=1S/C7H13N2.C4H8O3S/c1-4-9-6-5-8(3)7(9)2;1-4(2)3-8(5,6)7/h5-6H,4H2,1-3H3;1,3H2,2H3,(H,5,6,7)/q+1;/p-1. The molecule has 0 fully saturated rings. The highest BCUT2D eigenvalue weighted by Gasteiger charge is 2.03. The summed E-state index contributed by atoms with van der Waals surface area (Å²) in [6.07, 6.45) is 4.16. The van der Waals surface area contributed by atoms with Crippen LogP contribution in [-0.4, -0.2) is 23.3 Å². The van der Waals surface area contributed by atoms with E-state index in [2.05, 4.69) is 49.0 Å². The number of imidazole rings is 1. The van der Waals surface area contributed by atoms with Crippen molar-refractivity contribution in [2.24, 2.45) is 7.05 Å². The smallest absolute Gasteiger partial charge is 0.252 e. The third-order valence-electron chi connectivity index (χ3n) is 2.16. The molecule has 1 aromatic heterocycles. The van der Waals surface area contributed by atoms with Gasteiger partial charge in [0.25, 0.3) is 5.82 Å². The summed E-state index contributed by atoms with van der Waals surface area (Å²) in [5.41, 5.74) is 0.375. The van der Waals surface area contributed by atoms with Crippen LogP contribution < -0.4 is 4.57 Å². The van der Waals surface area contributed by atoms with Crippen LogP contribution in [-0.2, 0) is 23.7 Å². The van der Waals surface area contributed by atoms with Gasteiger partial charge in [-0.1, -0.05) is 12.2 Å². The Hall–Kier alpha value is -1.14. The van der Waals surface area contributed by atoms with Gasteiger partial charge in [-0.3, -0.25) is 0 Å². The fourth-order valence-corrected chi connectivity index (χ4v) is 1.84. The van der Waals surface area contributed by atoms with E-state index in [9.17, 15) is 13.0 Å². The molecular weight excluding hydrogens is 240 g/mol. The van der Waals surface area contributed by atoms with Crippen molar-refractivity contribution in [2.45, 2.75) is 27.3 Å². The molecule has 6 heteroatoms. The molecule has 5 nitrogen and oxygen atoms in total. The average molecular weight is 260 g/mol. The summed E-state index contributed by atoms with van der Waals surface area (Å²) in [7, 11) is -2.02. The predicted octanol–water partition coefficient (Wildman–Crippen LogP) is 0.749. The Labute approximate surface area is 103 Å². The van der Waals surface area contributed by atoms with Crippen LogP contribution in [0.25, 0.3) is 0 Å². The van der Waals surface area contributed by atoms with Crippen molar-refractivity contribution in [1.29, 1.82) is 0 Å². The molecule has 0 radical (unpaired) electrons. The van der Waals surface area contributed by atoms with Gasteiger partial charge in [0.05, 0.1) is 29.5 Å². The summed E-state index contributed by atoms with van der Waals surface area (Å²) in [4.78, 5) is 0.